The number of halogens is 1. The molecule has 3 rings (SSSR count). The van der Waals surface area contributed by atoms with Crippen LogP contribution in [0.1, 0.15) is 12.8 Å². The highest BCUT2D eigenvalue weighted by Crippen LogP contribution is 2.32. The SMILES string of the molecule is CS(=O)(=O)N(CCCC(=O)Nc1ccc2c(c1)OCCO2)c1cccc(Cl)c1. The highest BCUT2D eigenvalue weighted by Gasteiger charge is 2.18. The smallest absolute Gasteiger partial charge is 0.232 e. The maximum absolute atomic E-state index is 12.2. The van der Waals surface area contributed by atoms with Crippen molar-refractivity contribution in [1.82, 2.24) is 0 Å². The van der Waals surface area contributed by atoms with Gasteiger partial charge in [0.25, 0.3) is 0 Å². The fourth-order valence-corrected chi connectivity index (χ4v) is 3.99. The Morgan fingerprint density at radius 3 is 2.61 bits per heavy atom. The van der Waals surface area contributed by atoms with Crippen LogP contribution in [-0.2, 0) is 14.8 Å². The number of amides is 1. The zero-order valence-electron chi connectivity index (χ0n) is 15.4. The van der Waals surface area contributed by atoms with Crippen LogP contribution >= 0.6 is 11.6 Å². The molecule has 0 aromatic heterocycles. The minimum atomic E-state index is -3.49. The summed E-state index contributed by atoms with van der Waals surface area (Å²) in [5.74, 6) is 1.03. The van der Waals surface area contributed by atoms with Gasteiger partial charge in [-0.15, -0.1) is 0 Å². The number of fused-ring (bicyclic) bond motifs is 1. The van der Waals surface area contributed by atoms with Crippen molar-refractivity contribution in [3.63, 3.8) is 0 Å². The van der Waals surface area contributed by atoms with E-state index in [1.165, 1.54) is 4.31 Å². The minimum absolute atomic E-state index is 0.168. The van der Waals surface area contributed by atoms with Gasteiger partial charge in [0.1, 0.15) is 13.2 Å². The fourth-order valence-electron chi connectivity index (χ4n) is 2.85. The molecule has 150 valence electrons. The van der Waals surface area contributed by atoms with Gasteiger partial charge in [-0.05, 0) is 36.8 Å². The maximum atomic E-state index is 12.2. The van der Waals surface area contributed by atoms with Gasteiger partial charge in [0.2, 0.25) is 15.9 Å². The molecule has 9 heteroatoms. The van der Waals surface area contributed by atoms with E-state index in [0.29, 0.717) is 47.5 Å². The average Bonchev–Trinajstić information content (AvgIpc) is 2.64. The van der Waals surface area contributed by atoms with Gasteiger partial charge in [-0.3, -0.25) is 9.10 Å². The highest BCUT2D eigenvalue weighted by molar-refractivity contribution is 7.92. The van der Waals surface area contributed by atoms with Gasteiger partial charge in [-0.1, -0.05) is 17.7 Å². The molecule has 1 heterocycles. The standard InChI is InChI=1S/C19H21ClN2O5S/c1-28(24,25)22(16-5-2-4-14(20)12-16)9-3-6-19(23)21-15-7-8-17-18(13-15)27-11-10-26-17/h2,4-5,7-8,12-13H,3,6,9-11H2,1H3,(H,21,23). The number of sulfonamides is 1. The summed E-state index contributed by atoms with van der Waals surface area (Å²) in [4.78, 5) is 12.2. The molecule has 0 radical (unpaired) electrons. The van der Waals surface area contributed by atoms with E-state index in [9.17, 15) is 13.2 Å². The van der Waals surface area contributed by atoms with Gasteiger partial charge in [-0.2, -0.15) is 0 Å². The van der Waals surface area contributed by atoms with Crippen LogP contribution < -0.4 is 19.1 Å². The summed E-state index contributed by atoms with van der Waals surface area (Å²) >= 11 is 5.96. The van der Waals surface area contributed by atoms with E-state index in [0.717, 1.165) is 6.26 Å². The number of anilines is 2. The van der Waals surface area contributed by atoms with Crippen molar-refractivity contribution in [1.29, 1.82) is 0 Å². The summed E-state index contributed by atoms with van der Waals surface area (Å²) in [5, 5.41) is 3.24. The van der Waals surface area contributed by atoms with Crippen molar-refractivity contribution in [2.75, 3.05) is 35.6 Å². The van der Waals surface area contributed by atoms with E-state index in [1.807, 2.05) is 0 Å². The quantitative estimate of drug-likeness (QED) is 0.737. The number of rotatable bonds is 7. The number of nitrogens with one attached hydrogen (secondary N) is 1. The van der Waals surface area contributed by atoms with Crippen LogP contribution in [0.3, 0.4) is 0 Å². The number of hydrogen-bond acceptors (Lipinski definition) is 5. The molecule has 0 atom stereocenters. The van der Waals surface area contributed by atoms with Gasteiger partial charge in [0, 0.05) is 29.7 Å². The Kier molecular flexibility index (Phi) is 6.31. The summed E-state index contributed by atoms with van der Waals surface area (Å²) in [5.41, 5.74) is 1.08. The summed E-state index contributed by atoms with van der Waals surface area (Å²) < 4.78 is 36.4. The lowest BCUT2D eigenvalue weighted by Crippen LogP contribution is -2.31. The fraction of sp³-hybridized carbons (Fsp3) is 0.316. The van der Waals surface area contributed by atoms with Crippen LogP contribution in [0, 0.1) is 0 Å². The Bertz CT molecular complexity index is 965. The van der Waals surface area contributed by atoms with E-state index < -0.39 is 10.0 Å². The van der Waals surface area contributed by atoms with E-state index in [4.69, 9.17) is 21.1 Å². The number of hydrogen-bond donors (Lipinski definition) is 1. The lowest BCUT2D eigenvalue weighted by atomic mass is 10.2. The largest absolute Gasteiger partial charge is 0.486 e. The first-order valence-electron chi connectivity index (χ1n) is 8.76. The number of carbonyl (C=O) groups excluding carboxylic acids is 1. The predicted molar refractivity (Wildman–Crippen MR) is 109 cm³/mol. The molecule has 28 heavy (non-hydrogen) atoms. The molecule has 1 aliphatic rings. The third-order valence-corrected chi connectivity index (χ3v) is 5.52. The van der Waals surface area contributed by atoms with E-state index in [-0.39, 0.29) is 18.9 Å². The molecule has 0 saturated heterocycles. The molecule has 1 aliphatic heterocycles. The minimum Gasteiger partial charge on any atom is -0.486 e. The molecule has 1 N–H and O–H groups in total. The summed E-state index contributed by atoms with van der Waals surface area (Å²) in [6, 6.07) is 11.8. The molecule has 0 fully saturated rings. The Morgan fingerprint density at radius 1 is 1.14 bits per heavy atom. The van der Waals surface area contributed by atoms with Crippen molar-refractivity contribution in [2.45, 2.75) is 12.8 Å². The van der Waals surface area contributed by atoms with Crippen LogP contribution in [0.25, 0.3) is 0 Å². The zero-order valence-corrected chi connectivity index (χ0v) is 16.9. The van der Waals surface area contributed by atoms with Crippen LogP contribution in [0.2, 0.25) is 5.02 Å². The lowest BCUT2D eigenvalue weighted by molar-refractivity contribution is -0.116. The van der Waals surface area contributed by atoms with E-state index in [2.05, 4.69) is 5.32 Å². The first-order chi connectivity index (χ1) is 13.3. The summed E-state index contributed by atoms with van der Waals surface area (Å²) in [7, 11) is -3.49. The van der Waals surface area contributed by atoms with Crippen molar-refractivity contribution in [3.8, 4) is 11.5 Å². The Hall–Kier alpha value is -2.45. The molecular weight excluding hydrogens is 404 g/mol. The first-order valence-corrected chi connectivity index (χ1v) is 11.0. The molecule has 0 spiro atoms. The molecule has 2 aromatic carbocycles. The van der Waals surface area contributed by atoms with Gasteiger partial charge in [0.15, 0.2) is 11.5 Å². The van der Waals surface area contributed by atoms with Crippen LogP contribution in [0.15, 0.2) is 42.5 Å². The molecule has 0 unspecified atom stereocenters. The van der Waals surface area contributed by atoms with Gasteiger partial charge < -0.3 is 14.8 Å². The second kappa shape index (κ2) is 8.70. The van der Waals surface area contributed by atoms with E-state index in [1.54, 1.807) is 42.5 Å². The second-order valence-electron chi connectivity index (χ2n) is 6.33. The third-order valence-electron chi connectivity index (χ3n) is 4.09. The first kappa shape index (κ1) is 20.3. The zero-order chi connectivity index (χ0) is 20.1. The highest BCUT2D eigenvalue weighted by atomic mass is 35.5. The molecular formula is C19H21ClN2O5S. The topological polar surface area (TPSA) is 84.9 Å². The van der Waals surface area contributed by atoms with Crippen molar-refractivity contribution in [2.24, 2.45) is 0 Å². The third kappa shape index (κ3) is 5.30. The molecule has 7 nitrogen and oxygen atoms in total. The second-order valence-corrected chi connectivity index (χ2v) is 8.67. The number of ether oxygens (including phenoxy) is 2. The predicted octanol–water partition coefficient (Wildman–Crippen LogP) is 3.30. The average molecular weight is 425 g/mol. The van der Waals surface area contributed by atoms with Crippen LogP contribution in [0.4, 0.5) is 11.4 Å². The molecule has 2 aromatic rings. The normalized spacial score (nSPS) is 13.1. The Labute approximate surface area is 169 Å². The van der Waals surface area contributed by atoms with E-state index >= 15 is 0 Å². The molecule has 1 amide bonds. The number of benzene rings is 2. The van der Waals surface area contributed by atoms with Gasteiger partial charge in [-0.25, -0.2) is 8.42 Å². The molecule has 0 aliphatic carbocycles. The molecule has 0 saturated carbocycles. The van der Waals surface area contributed by atoms with Gasteiger partial charge in [0.05, 0.1) is 11.9 Å². The maximum Gasteiger partial charge on any atom is 0.232 e. The number of carbonyl (C=O) groups is 1. The summed E-state index contributed by atoms with van der Waals surface area (Å²) in [6.07, 6.45) is 1.65. The molecule has 0 bridgehead atoms. The van der Waals surface area contributed by atoms with Crippen LogP contribution in [-0.4, -0.2) is 40.3 Å². The van der Waals surface area contributed by atoms with Crippen molar-refractivity contribution < 1.29 is 22.7 Å². The van der Waals surface area contributed by atoms with Crippen LogP contribution in [0.5, 0.6) is 11.5 Å². The van der Waals surface area contributed by atoms with Crippen molar-refractivity contribution in [3.05, 3.63) is 47.5 Å². The Balaban J connectivity index is 1.57. The van der Waals surface area contributed by atoms with Gasteiger partial charge >= 0.3 is 0 Å². The Morgan fingerprint density at radius 2 is 1.89 bits per heavy atom. The van der Waals surface area contributed by atoms with Crippen molar-refractivity contribution >= 4 is 38.9 Å². The summed E-state index contributed by atoms with van der Waals surface area (Å²) in [6.45, 7) is 1.14. The number of nitrogens with zero attached hydrogens (tertiary/aromatic N) is 1. The lowest BCUT2D eigenvalue weighted by Gasteiger charge is -2.22. The monoisotopic (exact) mass is 424 g/mol.